The smallest absolute Gasteiger partial charge is 0.408 e. The molecule has 1 saturated heterocycles. The quantitative estimate of drug-likeness (QED) is 0.347. The largest absolute Gasteiger partial charge is 0.479 e. The van der Waals surface area contributed by atoms with Crippen molar-refractivity contribution in [2.45, 2.75) is 96.0 Å². The van der Waals surface area contributed by atoms with E-state index in [2.05, 4.69) is 20.9 Å². The SMILES string of the molecule is C[C@H]1[C@@H](CNCc2ccnc3ccccc23)CN2C(=O)[C@@H](NC(=O)OC(C)(C)C)CCCCC/C=C\C3C[C@@]3(C(=O)O)NC(=O)[C@H]12. The van der Waals surface area contributed by atoms with Gasteiger partial charge in [0, 0.05) is 37.1 Å². The number of carbonyl (C=O) groups excluding carboxylic acids is 3. The second-order valence-electron chi connectivity index (χ2n) is 14.0. The molecule has 1 aromatic heterocycles. The maximum Gasteiger partial charge on any atom is 0.408 e. The standard InChI is InChI=1S/C35H47N5O6/c1-22-24(20-36-19-23-16-17-37-27-14-11-10-13-26(23)27)21-40-29(22)30(41)39-35(32(43)44)18-25(35)12-8-6-5-7-9-15-28(31(40)42)38-33(45)46-34(2,3)4/h8,10-14,16-17,22,24-25,28-29,36H,5-7,9,15,18-21H2,1-4H3,(H,38,45)(H,39,41)(H,43,44)/b12-8-/t22-,24-,25?,28-,29-,35+/m0/s1. The van der Waals surface area contributed by atoms with Crippen molar-refractivity contribution in [1.29, 1.82) is 0 Å². The van der Waals surface area contributed by atoms with Gasteiger partial charge in [-0.05, 0) is 76.0 Å². The highest BCUT2D eigenvalue weighted by Gasteiger charge is 2.62. The molecule has 0 bridgehead atoms. The molecule has 1 aliphatic carbocycles. The number of allylic oxidation sites excluding steroid dienone is 1. The fourth-order valence-electron chi connectivity index (χ4n) is 6.85. The topological polar surface area (TPSA) is 150 Å². The van der Waals surface area contributed by atoms with Gasteiger partial charge in [0.25, 0.3) is 0 Å². The zero-order valence-electron chi connectivity index (χ0n) is 27.3. The number of rotatable bonds is 6. The Morgan fingerprint density at radius 1 is 1.15 bits per heavy atom. The number of amides is 3. The maximum absolute atomic E-state index is 14.3. The number of ether oxygens (including phenoxy) is 1. The van der Waals surface area contributed by atoms with E-state index >= 15 is 0 Å². The van der Waals surface area contributed by atoms with Crippen LogP contribution in [0.5, 0.6) is 0 Å². The Kier molecular flexibility index (Phi) is 10.0. The minimum absolute atomic E-state index is 0.0930. The van der Waals surface area contributed by atoms with Crippen LogP contribution in [0, 0.1) is 17.8 Å². The number of hydrogen-bond donors (Lipinski definition) is 4. The fourth-order valence-corrected chi connectivity index (χ4v) is 6.85. The molecular formula is C35H47N5O6. The summed E-state index contributed by atoms with van der Waals surface area (Å²) in [6.07, 6.45) is 8.88. The summed E-state index contributed by atoms with van der Waals surface area (Å²) in [5, 5.41) is 20.4. The van der Waals surface area contributed by atoms with Crippen molar-refractivity contribution in [3.63, 3.8) is 0 Å². The molecule has 46 heavy (non-hydrogen) atoms. The Labute approximate surface area is 270 Å². The molecule has 11 heteroatoms. The van der Waals surface area contributed by atoms with Gasteiger partial charge in [-0.15, -0.1) is 0 Å². The molecule has 1 saturated carbocycles. The number of pyridine rings is 1. The summed E-state index contributed by atoms with van der Waals surface area (Å²) in [5.41, 5.74) is -0.118. The van der Waals surface area contributed by atoms with E-state index in [1.54, 1.807) is 31.9 Å². The summed E-state index contributed by atoms with van der Waals surface area (Å²) in [5.74, 6) is -2.57. The maximum atomic E-state index is 14.3. The van der Waals surface area contributed by atoms with E-state index in [9.17, 15) is 24.3 Å². The van der Waals surface area contributed by atoms with Crippen LogP contribution in [0.25, 0.3) is 10.9 Å². The van der Waals surface area contributed by atoms with Gasteiger partial charge >= 0.3 is 12.1 Å². The van der Waals surface area contributed by atoms with Crippen LogP contribution in [0.3, 0.4) is 0 Å². The molecule has 4 N–H and O–H groups in total. The van der Waals surface area contributed by atoms with E-state index in [1.807, 2.05) is 49.4 Å². The highest BCUT2D eigenvalue weighted by atomic mass is 16.6. The Morgan fingerprint density at radius 3 is 2.70 bits per heavy atom. The number of nitrogens with one attached hydrogen (secondary N) is 3. The number of carboxylic acid groups (broad SMARTS) is 1. The molecule has 1 aromatic carbocycles. The van der Waals surface area contributed by atoms with Crippen molar-refractivity contribution in [2.75, 3.05) is 13.1 Å². The lowest BCUT2D eigenvalue weighted by atomic mass is 9.91. The van der Waals surface area contributed by atoms with Gasteiger partial charge in [-0.3, -0.25) is 14.6 Å². The lowest BCUT2D eigenvalue weighted by Crippen LogP contribution is -2.57. The van der Waals surface area contributed by atoms with Gasteiger partial charge in [-0.1, -0.05) is 50.1 Å². The molecule has 3 aliphatic rings. The van der Waals surface area contributed by atoms with Crippen LogP contribution in [-0.2, 0) is 25.7 Å². The number of hydrogen-bond acceptors (Lipinski definition) is 7. The lowest BCUT2D eigenvalue weighted by Gasteiger charge is -2.31. The first kappa shape index (κ1) is 33.4. The number of para-hydroxylation sites is 1. The first-order valence-corrected chi connectivity index (χ1v) is 16.4. The lowest BCUT2D eigenvalue weighted by molar-refractivity contribution is -0.146. The van der Waals surface area contributed by atoms with E-state index in [-0.39, 0.29) is 30.2 Å². The van der Waals surface area contributed by atoms with Crippen LogP contribution in [-0.4, -0.2) is 75.2 Å². The Bertz CT molecular complexity index is 1480. The molecule has 1 unspecified atom stereocenters. The molecule has 6 atom stereocenters. The first-order chi connectivity index (χ1) is 21.9. The summed E-state index contributed by atoms with van der Waals surface area (Å²) >= 11 is 0. The first-order valence-electron chi connectivity index (χ1n) is 16.4. The van der Waals surface area contributed by atoms with Crippen molar-refractivity contribution in [2.24, 2.45) is 17.8 Å². The number of alkyl carbamates (subject to hydrolysis) is 1. The number of carboxylic acids is 1. The molecule has 11 nitrogen and oxygen atoms in total. The normalized spacial score (nSPS) is 29.5. The van der Waals surface area contributed by atoms with Crippen LogP contribution in [0.2, 0.25) is 0 Å². The number of benzene rings is 1. The van der Waals surface area contributed by atoms with E-state index in [0.29, 0.717) is 32.4 Å². The van der Waals surface area contributed by atoms with Crippen LogP contribution in [0.1, 0.15) is 71.8 Å². The highest BCUT2D eigenvalue weighted by Crippen LogP contribution is 2.46. The minimum Gasteiger partial charge on any atom is -0.479 e. The van der Waals surface area contributed by atoms with Crippen LogP contribution in [0.15, 0.2) is 48.7 Å². The van der Waals surface area contributed by atoms with Gasteiger partial charge in [-0.2, -0.15) is 0 Å². The molecule has 0 spiro atoms. The molecule has 5 rings (SSSR count). The summed E-state index contributed by atoms with van der Waals surface area (Å²) < 4.78 is 5.49. The predicted octanol–water partition coefficient (Wildman–Crippen LogP) is 4.16. The summed E-state index contributed by atoms with van der Waals surface area (Å²) in [4.78, 5) is 59.5. The third-order valence-electron chi connectivity index (χ3n) is 9.49. The van der Waals surface area contributed by atoms with Crippen LogP contribution in [0.4, 0.5) is 4.79 Å². The number of carbonyl (C=O) groups is 4. The van der Waals surface area contributed by atoms with Crippen LogP contribution < -0.4 is 16.0 Å². The molecule has 2 fully saturated rings. The van der Waals surface area contributed by atoms with E-state index in [4.69, 9.17) is 4.74 Å². The van der Waals surface area contributed by atoms with Gasteiger partial charge < -0.3 is 30.7 Å². The van der Waals surface area contributed by atoms with Gasteiger partial charge in [0.2, 0.25) is 11.8 Å². The van der Waals surface area contributed by atoms with Crippen molar-refractivity contribution in [3.05, 3.63) is 54.2 Å². The fraction of sp³-hybridized carbons (Fsp3) is 0.571. The predicted molar refractivity (Wildman–Crippen MR) is 174 cm³/mol. The van der Waals surface area contributed by atoms with Crippen molar-refractivity contribution in [3.8, 4) is 0 Å². The Hall–Kier alpha value is -3.99. The molecule has 0 radical (unpaired) electrons. The zero-order chi connectivity index (χ0) is 33.1. The van der Waals surface area contributed by atoms with Crippen LogP contribution >= 0.6 is 0 Å². The number of fused-ring (bicyclic) bond motifs is 3. The molecule has 3 heterocycles. The summed E-state index contributed by atoms with van der Waals surface area (Å²) in [6.45, 7) is 8.62. The average Bonchev–Trinajstić information content (AvgIpc) is 3.60. The van der Waals surface area contributed by atoms with Crippen molar-refractivity contribution in [1.82, 2.24) is 25.8 Å². The number of nitrogens with zero attached hydrogens (tertiary/aromatic N) is 2. The van der Waals surface area contributed by atoms with E-state index in [1.165, 1.54) is 0 Å². The summed E-state index contributed by atoms with van der Waals surface area (Å²) in [7, 11) is 0. The zero-order valence-corrected chi connectivity index (χ0v) is 27.3. The minimum atomic E-state index is -1.38. The third kappa shape index (κ3) is 7.52. The van der Waals surface area contributed by atoms with Crippen molar-refractivity contribution < 1.29 is 29.0 Å². The van der Waals surface area contributed by atoms with Gasteiger partial charge in [0.05, 0.1) is 5.52 Å². The van der Waals surface area contributed by atoms with Crippen molar-refractivity contribution >= 4 is 34.8 Å². The third-order valence-corrected chi connectivity index (χ3v) is 9.49. The monoisotopic (exact) mass is 633 g/mol. The molecule has 2 aliphatic heterocycles. The van der Waals surface area contributed by atoms with Gasteiger partial charge in [0.15, 0.2) is 0 Å². The number of aliphatic carboxylic acids is 1. The Morgan fingerprint density at radius 2 is 1.93 bits per heavy atom. The second-order valence-corrected chi connectivity index (χ2v) is 14.0. The molecule has 2 aromatic rings. The average molecular weight is 634 g/mol. The summed E-state index contributed by atoms with van der Waals surface area (Å²) in [6, 6.07) is 8.15. The van der Waals surface area contributed by atoms with Gasteiger partial charge in [0.1, 0.15) is 23.2 Å². The van der Waals surface area contributed by atoms with Gasteiger partial charge in [-0.25, -0.2) is 9.59 Å². The number of aromatic nitrogens is 1. The molecule has 248 valence electrons. The van der Waals surface area contributed by atoms with E-state index < -0.39 is 41.2 Å². The second kappa shape index (κ2) is 13.8. The Balaban J connectivity index is 1.39. The molecule has 3 amide bonds. The van der Waals surface area contributed by atoms with E-state index in [0.717, 1.165) is 35.7 Å². The highest BCUT2D eigenvalue weighted by molar-refractivity contribution is 5.96. The molecular weight excluding hydrogens is 586 g/mol.